The van der Waals surface area contributed by atoms with Crippen molar-refractivity contribution in [2.75, 3.05) is 7.11 Å². The number of aliphatic hydroxyl groups is 1. The molecule has 14 heavy (non-hydrogen) atoms. The van der Waals surface area contributed by atoms with E-state index in [0.29, 0.717) is 5.56 Å². The molecule has 0 aromatic heterocycles. The van der Waals surface area contributed by atoms with E-state index in [2.05, 4.69) is 4.74 Å². The van der Waals surface area contributed by atoms with Gasteiger partial charge in [-0.1, -0.05) is 30.3 Å². The summed E-state index contributed by atoms with van der Waals surface area (Å²) in [6.45, 7) is 0. The zero-order chi connectivity index (χ0) is 10.6. The van der Waals surface area contributed by atoms with E-state index < -0.39 is 18.1 Å². The van der Waals surface area contributed by atoms with Gasteiger partial charge in [0.25, 0.3) is 0 Å². The molecule has 0 saturated heterocycles. The van der Waals surface area contributed by atoms with E-state index in [-0.39, 0.29) is 0 Å². The van der Waals surface area contributed by atoms with Crippen LogP contribution in [0.3, 0.4) is 0 Å². The first-order chi connectivity index (χ1) is 6.66. The van der Waals surface area contributed by atoms with Gasteiger partial charge in [0.2, 0.25) is 0 Å². The van der Waals surface area contributed by atoms with Crippen molar-refractivity contribution in [2.24, 2.45) is 5.73 Å². The van der Waals surface area contributed by atoms with E-state index in [1.54, 1.807) is 24.3 Å². The van der Waals surface area contributed by atoms with Crippen LogP contribution in [0.25, 0.3) is 0 Å². The van der Waals surface area contributed by atoms with Gasteiger partial charge in [0.1, 0.15) is 0 Å². The molecule has 0 aliphatic rings. The van der Waals surface area contributed by atoms with Gasteiger partial charge in [-0.3, -0.25) is 0 Å². The quantitative estimate of drug-likeness (QED) is 0.677. The predicted molar refractivity (Wildman–Crippen MR) is 51.4 cm³/mol. The summed E-state index contributed by atoms with van der Waals surface area (Å²) in [6, 6.07) is 8.16. The number of hydrogen-bond acceptors (Lipinski definition) is 4. The molecule has 4 nitrogen and oxygen atoms in total. The molecule has 1 aromatic rings. The molecule has 0 amide bonds. The van der Waals surface area contributed by atoms with E-state index in [0.717, 1.165) is 0 Å². The zero-order valence-corrected chi connectivity index (χ0v) is 7.88. The van der Waals surface area contributed by atoms with Crippen LogP contribution >= 0.6 is 0 Å². The summed E-state index contributed by atoms with van der Waals surface area (Å²) in [4.78, 5) is 11.0. The zero-order valence-electron chi connectivity index (χ0n) is 7.88. The molecule has 2 atom stereocenters. The Morgan fingerprint density at radius 2 is 2.00 bits per heavy atom. The lowest BCUT2D eigenvalue weighted by Gasteiger charge is -2.16. The fraction of sp³-hybridized carbons (Fsp3) is 0.300. The number of hydrogen-bond donors (Lipinski definition) is 2. The number of benzene rings is 1. The van der Waals surface area contributed by atoms with E-state index in [4.69, 9.17) is 5.73 Å². The van der Waals surface area contributed by atoms with Crippen molar-refractivity contribution < 1.29 is 14.6 Å². The number of nitrogens with two attached hydrogens (primary N) is 1. The highest BCUT2D eigenvalue weighted by Crippen LogP contribution is 2.14. The van der Waals surface area contributed by atoms with Crippen LogP contribution in [0.2, 0.25) is 0 Å². The van der Waals surface area contributed by atoms with Crippen LogP contribution in [0.1, 0.15) is 11.6 Å². The Kier molecular flexibility index (Phi) is 3.62. The number of rotatable bonds is 3. The van der Waals surface area contributed by atoms with Crippen molar-refractivity contribution in [1.82, 2.24) is 0 Å². The molecule has 1 rings (SSSR count). The van der Waals surface area contributed by atoms with Gasteiger partial charge in [-0.25, -0.2) is 4.79 Å². The van der Waals surface area contributed by atoms with Crippen LogP contribution in [-0.4, -0.2) is 24.3 Å². The molecule has 0 unspecified atom stereocenters. The van der Waals surface area contributed by atoms with Gasteiger partial charge < -0.3 is 15.6 Å². The third-order valence-electron chi connectivity index (χ3n) is 1.97. The molecule has 0 aliphatic heterocycles. The highest BCUT2D eigenvalue weighted by Gasteiger charge is 2.24. The lowest BCUT2D eigenvalue weighted by Crippen LogP contribution is -2.34. The lowest BCUT2D eigenvalue weighted by molar-refractivity contribution is -0.151. The Morgan fingerprint density at radius 1 is 1.43 bits per heavy atom. The predicted octanol–water partition coefficient (Wildman–Crippen LogP) is 0.220. The van der Waals surface area contributed by atoms with Crippen LogP contribution < -0.4 is 5.73 Å². The molecular formula is C10H13NO3. The molecule has 0 saturated carbocycles. The number of carbonyl (C=O) groups excluding carboxylic acids is 1. The molecule has 0 bridgehead atoms. The van der Waals surface area contributed by atoms with Gasteiger partial charge in [0.05, 0.1) is 13.2 Å². The molecular weight excluding hydrogens is 182 g/mol. The van der Waals surface area contributed by atoms with Gasteiger partial charge in [0.15, 0.2) is 6.10 Å². The molecule has 0 fully saturated rings. The van der Waals surface area contributed by atoms with Crippen LogP contribution in [0.15, 0.2) is 30.3 Å². The Morgan fingerprint density at radius 3 is 2.50 bits per heavy atom. The van der Waals surface area contributed by atoms with E-state index in [9.17, 15) is 9.90 Å². The number of ether oxygens (including phenoxy) is 1. The van der Waals surface area contributed by atoms with Crippen molar-refractivity contribution in [3.63, 3.8) is 0 Å². The van der Waals surface area contributed by atoms with Crippen LogP contribution in [-0.2, 0) is 9.53 Å². The summed E-state index contributed by atoms with van der Waals surface area (Å²) < 4.78 is 4.39. The minimum absolute atomic E-state index is 0.699. The second-order valence-corrected chi connectivity index (χ2v) is 2.90. The average Bonchev–Trinajstić information content (AvgIpc) is 2.27. The van der Waals surface area contributed by atoms with Gasteiger partial charge in [-0.2, -0.15) is 0 Å². The Hall–Kier alpha value is -1.39. The largest absolute Gasteiger partial charge is 0.467 e. The van der Waals surface area contributed by atoms with Gasteiger partial charge in [-0.15, -0.1) is 0 Å². The summed E-state index contributed by atoms with van der Waals surface area (Å²) in [5, 5.41) is 9.44. The lowest BCUT2D eigenvalue weighted by atomic mass is 10.0. The molecule has 0 spiro atoms. The van der Waals surface area contributed by atoms with Crippen molar-refractivity contribution in [2.45, 2.75) is 12.1 Å². The maximum absolute atomic E-state index is 11.0. The SMILES string of the molecule is COC(=O)[C@@H](O)[C@@H](N)c1ccccc1. The fourth-order valence-corrected chi connectivity index (χ4v) is 1.12. The minimum atomic E-state index is -1.32. The number of carbonyl (C=O) groups is 1. The molecule has 4 heteroatoms. The van der Waals surface area contributed by atoms with Gasteiger partial charge >= 0.3 is 5.97 Å². The van der Waals surface area contributed by atoms with Crippen LogP contribution in [0, 0.1) is 0 Å². The average molecular weight is 195 g/mol. The third-order valence-corrected chi connectivity index (χ3v) is 1.97. The molecule has 0 radical (unpaired) electrons. The van der Waals surface area contributed by atoms with E-state index in [1.807, 2.05) is 6.07 Å². The van der Waals surface area contributed by atoms with E-state index >= 15 is 0 Å². The number of aliphatic hydroxyl groups excluding tert-OH is 1. The third kappa shape index (κ3) is 2.31. The molecule has 3 N–H and O–H groups in total. The van der Waals surface area contributed by atoms with Crippen molar-refractivity contribution in [3.8, 4) is 0 Å². The monoisotopic (exact) mass is 195 g/mol. The van der Waals surface area contributed by atoms with Gasteiger partial charge in [-0.05, 0) is 5.56 Å². The van der Waals surface area contributed by atoms with Crippen molar-refractivity contribution in [1.29, 1.82) is 0 Å². The highest BCUT2D eigenvalue weighted by atomic mass is 16.5. The minimum Gasteiger partial charge on any atom is -0.467 e. The van der Waals surface area contributed by atoms with Crippen molar-refractivity contribution >= 4 is 5.97 Å². The fourth-order valence-electron chi connectivity index (χ4n) is 1.12. The first-order valence-electron chi connectivity index (χ1n) is 4.23. The van der Waals surface area contributed by atoms with Crippen LogP contribution in [0.4, 0.5) is 0 Å². The summed E-state index contributed by atoms with van der Waals surface area (Å²) >= 11 is 0. The maximum Gasteiger partial charge on any atom is 0.336 e. The normalized spacial score (nSPS) is 14.5. The van der Waals surface area contributed by atoms with Gasteiger partial charge in [0, 0.05) is 0 Å². The molecule has 1 aromatic carbocycles. The highest BCUT2D eigenvalue weighted by molar-refractivity contribution is 5.75. The first-order valence-corrected chi connectivity index (χ1v) is 4.23. The topological polar surface area (TPSA) is 72.5 Å². The summed E-state index contributed by atoms with van der Waals surface area (Å²) in [6.07, 6.45) is -1.32. The number of methoxy groups -OCH3 is 1. The first kappa shape index (κ1) is 10.7. The van der Waals surface area contributed by atoms with Crippen molar-refractivity contribution in [3.05, 3.63) is 35.9 Å². The van der Waals surface area contributed by atoms with Crippen LogP contribution in [0.5, 0.6) is 0 Å². The molecule has 0 aliphatic carbocycles. The standard InChI is InChI=1S/C10H13NO3/c1-14-10(13)9(12)8(11)7-5-3-2-4-6-7/h2-6,8-9,12H,11H2,1H3/t8-,9-/m0/s1. The number of esters is 1. The second kappa shape index (κ2) is 4.74. The Labute approximate surface area is 82.3 Å². The Bertz CT molecular complexity index is 299. The molecule has 76 valence electrons. The maximum atomic E-state index is 11.0. The summed E-state index contributed by atoms with van der Waals surface area (Å²) in [5.41, 5.74) is 6.36. The molecule has 0 heterocycles. The summed E-state index contributed by atoms with van der Waals surface area (Å²) in [5.74, 6) is -0.721. The smallest absolute Gasteiger partial charge is 0.336 e. The summed E-state index contributed by atoms with van der Waals surface area (Å²) in [7, 11) is 1.21. The van der Waals surface area contributed by atoms with E-state index in [1.165, 1.54) is 7.11 Å². The Balaban J connectivity index is 2.75. The second-order valence-electron chi connectivity index (χ2n) is 2.90.